The van der Waals surface area contributed by atoms with E-state index in [1.54, 1.807) is 24.0 Å². The van der Waals surface area contributed by atoms with Crippen LogP contribution in [0.15, 0.2) is 30.5 Å². The van der Waals surface area contributed by atoms with E-state index in [2.05, 4.69) is 10.4 Å². The number of likely N-dealkylation sites (tertiary alicyclic amines) is 1. The molecule has 0 aliphatic carbocycles. The zero-order valence-corrected chi connectivity index (χ0v) is 14.4. The minimum atomic E-state index is -0.859. The van der Waals surface area contributed by atoms with Crippen LogP contribution < -0.4 is 5.32 Å². The third kappa shape index (κ3) is 4.99. The molecule has 1 aliphatic heterocycles. The molecule has 1 aliphatic rings. The predicted octanol–water partition coefficient (Wildman–Crippen LogP) is 2.46. The number of carbonyl (C=O) groups excluding carboxylic acids is 2. The van der Waals surface area contributed by atoms with Gasteiger partial charge in [0.1, 0.15) is 17.6 Å². The molecule has 1 aromatic heterocycles. The van der Waals surface area contributed by atoms with Crippen LogP contribution in [-0.4, -0.2) is 40.1 Å². The van der Waals surface area contributed by atoms with Gasteiger partial charge in [0.05, 0.1) is 5.69 Å². The number of aromatic nitrogens is 2. The SMILES string of the molecule is CN1CC[C@@H](C(=O)Nc2ccc(F)cc2F)C1=O.Cn1ccc(Cl)n1. The highest BCUT2D eigenvalue weighted by Crippen LogP contribution is 2.20. The lowest BCUT2D eigenvalue weighted by molar-refractivity contribution is -0.134. The van der Waals surface area contributed by atoms with Crippen LogP contribution in [0.3, 0.4) is 0 Å². The van der Waals surface area contributed by atoms with Crippen LogP contribution in [0.4, 0.5) is 14.5 Å². The molecule has 0 unspecified atom stereocenters. The van der Waals surface area contributed by atoms with Crippen LogP contribution in [0.1, 0.15) is 6.42 Å². The normalized spacial score (nSPS) is 16.4. The Morgan fingerprint density at radius 1 is 1.32 bits per heavy atom. The second kappa shape index (κ2) is 8.06. The van der Waals surface area contributed by atoms with Crippen molar-refractivity contribution in [3.8, 4) is 0 Å². The van der Waals surface area contributed by atoms with Crippen molar-refractivity contribution in [3.05, 3.63) is 47.2 Å². The Morgan fingerprint density at radius 2 is 2.04 bits per heavy atom. The highest BCUT2D eigenvalue weighted by molar-refractivity contribution is 6.29. The number of halogens is 3. The number of amides is 2. The maximum absolute atomic E-state index is 13.3. The highest BCUT2D eigenvalue weighted by Gasteiger charge is 2.35. The topological polar surface area (TPSA) is 67.2 Å². The molecule has 3 rings (SSSR count). The summed E-state index contributed by atoms with van der Waals surface area (Å²) in [5.41, 5.74) is -0.122. The Balaban J connectivity index is 0.000000269. The van der Waals surface area contributed by atoms with Crippen LogP contribution in [-0.2, 0) is 16.6 Å². The van der Waals surface area contributed by atoms with Crippen LogP contribution in [0.2, 0.25) is 5.15 Å². The van der Waals surface area contributed by atoms with Crippen molar-refractivity contribution in [1.82, 2.24) is 14.7 Å². The molecule has 1 saturated heterocycles. The first-order valence-electron chi connectivity index (χ1n) is 7.44. The third-order valence-corrected chi connectivity index (χ3v) is 3.82. The number of carbonyl (C=O) groups is 2. The van der Waals surface area contributed by atoms with Gasteiger partial charge >= 0.3 is 0 Å². The van der Waals surface area contributed by atoms with Crippen molar-refractivity contribution in [2.24, 2.45) is 13.0 Å². The quantitative estimate of drug-likeness (QED) is 0.826. The number of hydrogen-bond donors (Lipinski definition) is 1. The Hall–Kier alpha value is -2.48. The molecule has 0 radical (unpaired) electrons. The van der Waals surface area contributed by atoms with Gasteiger partial charge in [-0.2, -0.15) is 5.10 Å². The fourth-order valence-corrected chi connectivity index (χ4v) is 2.44. The van der Waals surface area contributed by atoms with Gasteiger partial charge < -0.3 is 10.2 Å². The second-order valence-electron chi connectivity index (χ2n) is 5.53. The second-order valence-corrected chi connectivity index (χ2v) is 5.91. The summed E-state index contributed by atoms with van der Waals surface area (Å²) in [6, 6.07) is 4.59. The minimum Gasteiger partial charge on any atom is -0.345 e. The van der Waals surface area contributed by atoms with Gasteiger partial charge in [0.25, 0.3) is 0 Å². The summed E-state index contributed by atoms with van der Waals surface area (Å²) < 4.78 is 27.7. The molecule has 25 heavy (non-hydrogen) atoms. The standard InChI is InChI=1S/C12H12F2N2O2.C4H5ClN2/c1-16-5-4-8(12(16)18)11(17)15-10-3-2-7(13)6-9(10)14;1-7-3-2-4(5)6-7/h2-3,6,8H,4-5H2,1H3,(H,15,17);2-3H,1H3/t8-;/m0./s1. The predicted molar refractivity (Wildman–Crippen MR) is 88.9 cm³/mol. The van der Waals surface area contributed by atoms with Gasteiger partial charge in [-0.3, -0.25) is 14.3 Å². The Kier molecular flexibility index (Phi) is 6.08. The van der Waals surface area contributed by atoms with E-state index in [0.29, 0.717) is 24.2 Å². The van der Waals surface area contributed by atoms with Gasteiger partial charge in [0.15, 0.2) is 5.15 Å². The number of benzene rings is 1. The molecule has 1 N–H and O–H groups in total. The van der Waals surface area contributed by atoms with E-state index < -0.39 is 23.5 Å². The fraction of sp³-hybridized carbons (Fsp3) is 0.312. The van der Waals surface area contributed by atoms with Gasteiger partial charge in [0, 0.05) is 32.9 Å². The maximum atomic E-state index is 13.3. The Labute approximate surface area is 148 Å². The summed E-state index contributed by atoms with van der Waals surface area (Å²) in [6.45, 7) is 0.503. The molecular weight excluding hydrogens is 354 g/mol. The van der Waals surface area contributed by atoms with E-state index in [1.807, 2.05) is 7.05 Å². The largest absolute Gasteiger partial charge is 0.345 e. The van der Waals surface area contributed by atoms with E-state index in [1.165, 1.54) is 4.90 Å². The molecular formula is C16H17ClF2N4O2. The van der Waals surface area contributed by atoms with Crippen molar-refractivity contribution in [2.75, 3.05) is 18.9 Å². The van der Waals surface area contributed by atoms with Crippen LogP contribution in [0, 0.1) is 17.6 Å². The Bertz CT molecular complexity index is 765. The summed E-state index contributed by atoms with van der Waals surface area (Å²) in [5.74, 6) is -3.21. The van der Waals surface area contributed by atoms with Crippen molar-refractivity contribution in [1.29, 1.82) is 0 Å². The summed E-state index contributed by atoms with van der Waals surface area (Å²) in [4.78, 5) is 24.8. The number of anilines is 1. The first kappa shape index (κ1) is 18.9. The average Bonchev–Trinajstić information content (AvgIpc) is 3.08. The molecule has 0 bridgehead atoms. The number of aryl methyl sites for hydroxylation is 1. The highest BCUT2D eigenvalue weighted by atomic mass is 35.5. The number of hydrogen-bond acceptors (Lipinski definition) is 3. The van der Waals surface area contributed by atoms with Gasteiger partial charge in [-0.25, -0.2) is 8.78 Å². The molecule has 1 fully saturated rings. The summed E-state index contributed by atoms with van der Waals surface area (Å²) in [6.07, 6.45) is 2.20. The van der Waals surface area contributed by atoms with E-state index in [-0.39, 0.29) is 11.6 Å². The lowest BCUT2D eigenvalue weighted by atomic mass is 10.1. The monoisotopic (exact) mass is 370 g/mol. The average molecular weight is 371 g/mol. The molecule has 0 spiro atoms. The zero-order valence-electron chi connectivity index (χ0n) is 13.7. The van der Waals surface area contributed by atoms with Crippen molar-refractivity contribution in [3.63, 3.8) is 0 Å². The molecule has 1 aromatic carbocycles. The maximum Gasteiger partial charge on any atom is 0.237 e. The first-order chi connectivity index (χ1) is 11.8. The molecule has 2 heterocycles. The van der Waals surface area contributed by atoms with Gasteiger partial charge in [-0.15, -0.1) is 0 Å². The van der Waals surface area contributed by atoms with E-state index in [0.717, 1.165) is 12.1 Å². The number of nitrogens with zero attached hydrogens (tertiary/aromatic N) is 3. The summed E-state index contributed by atoms with van der Waals surface area (Å²) in [7, 11) is 3.43. The van der Waals surface area contributed by atoms with Crippen LogP contribution in [0.5, 0.6) is 0 Å². The Morgan fingerprint density at radius 3 is 2.48 bits per heavy atom. The van der Waals surface area contributed by atoms with Crippen molar-refractivity contribution < 1.29 is 18.4 Å². The summed E-state index contributed by atoms with van der Waals surface area (Å²) in [5, 5.41) is 6.64. The van der Waals surface area contributed by atoms with Crippen molar-refractivity contribution >= 4 is 29.1 Å². The fourth-order valence-electron chi connectivity index (χ4n) is 2.26. The minimum absolute atomic E-state index is 0.122. The molecule has 6 nitrogen and oxygen atoms in total. The molecule has 2 amide bonds. The van der Waals surface area contributed by atoms with Gasteiger partial charge in [-0.1, -0.05) is 11.6 Å². The lowest BCUT2D eigenvalue weighted by Crippen LogP contribution is -2.31. The van der Waals surface area contributed by atoms with Crippen molar-refractivity contribution in [2.45, 2.75) is 6.42 Å². The smallest absolute Gasteiger partial charge is 0.237 e. The first-order valence-corrected chi connectivity index (χ1v) is 7.81. The molecule has 0 saturated carbocycles. The molecule has 134 valence electrons. The van der Waals surface area contributed by atoms with E-state index in [9.17, 15) is 18.4 Å². The number of rotatable bonds is 2. The number of nitrogens with one attached hydrogen (secondary N) is 1. The van der Waals surface area contributed by atoms with Crippen LogP contribution in [0.25, 0.3) is 0 Å². The molecule has 9 heteroatoms. The van der Waals surface area contributed by atoms with Gasteiger partial charge in [0.2, 0.25) is 11.8 Å². The summed E-state index contributed by atoms with van der Waals surface area (Å²) >= 11 is 5.43. The lowest BCUT2D eigenvalue weighted by Gasteiger charge is -2.11. The zero-order chi connectivity index (χ0) is 18.6. The molecule has 1 atom stereocenters. The third-order valence-electron chi connectivity index (χ3n) is 3.61. The van der Waals surface area contributed by atoms with Gasteiger partial charge in [-0.05, 0) is 24.6 Å². The molecule has 2 aromatic rings. The van der Waals surface area contributed by atoms with Crippen LogP contribution >= 0.6 is 11.6 Å². The van der Waals surface area contributed by atoms with E-state index >= 15 is 0 Å². The van der Waals surface area contributed by atoms with E-state index in [4.69, 9.17) is 11.6 Å².